The van der Waals surface area contributed by atoms with Gasteiger partial charge in [0, 0.05) is 36.5 Å². The van der Waals surface area contributed by atoms with Crippen molar-refractivity contribution in [2.24, 2.45) is 10.7 Å². The molecule has 0 saturated heterocycles. The van der Waals surface area contributed by atoms with Crippen LogP contribution in [0.15, 0.2) is 41.5 Å². The van der Waals surface area contributed by atoms with E-state index in [4.69, 9.17) is 19.9 Å². The number of pyridine rings is 1. The van der Waals surface area contributed by atoms with Crippen LogP contribution in [0.25, 0.3) is 0 Å². The van der Waals surface area contributed by atoms with Gasteiger partial charge in [0.2, 0.25) is 0 Å². The number of methoxy groups -OCH3 is 3. The molecule has 0 fully saturated rings. The summed E-state index contributed by atoms with van der Waals surface area (Å²) < 4.78 is 16.0. The number of benzene rings is 1. The van der Waals surface area contributed by atoms with Crippen molar-refractivity contribution in [3.63, 3.8) is 0 Å². The third-order valence-electron chi connectivity index (χ3n) is 3.62. The maximum atomic E-state index is 5.93. The van der Waals surface area contributed by atoms with Crippen molar-refractivity contribution in [3.05, 3.63) is 47.8 Å². The predicted octanol–water partition coefficient (Wildman–Crippen LogP) is 2.37. The number of rotatable bonds is 8. The molecule has 0 radical (unpaired) electrons. The van der Waals surface area contributed by atoms with Gasteiger partial charge in [-0.15, -0.1) is 24.0 Å². The fraction of sp³-hybridized carbons (Fsp3) is 0.333. The standard InChI is InChI=1S/C18H24N4O3.HI/c1-23-15-11-17(25-3)16(24-2)10-13(15)12-22-18(19)21-9-7-14-6-4-5-8-20-14;/h4-6,8,10-11H,7,9,12H2,1-3H3,(H3,19,21,22);1H. The largest absolute Gasteiger partial charge is 0.496 e. The molecule has 0 aliphatic carbocycles. The van der Waals surface area contributed by atoms with Crippen molar-refractivity contribution in [3.8, 4) is 17.2 Å². The van der Waals surface area contributed by atoms with E-state index in [-0.39, 0.29) is 24.0 Å². The lowest BCUT2D eigenvalue weighted by atomic mass is 10.1. The second-order valence-electron chi connectivity index (χ2n) is 5.22. The Labute approximate surface area is 171 Å². The van der Waals surface area contributed by atoms with Gasteiger partial charge in [-0.2, -0.15) is 0 Å². The van der Waals surface area contributed by atoms with Crippen LogP contribution in [-0.4, -0.2) is 38.8 Å². The molecular formula is C18H25IN4O3. The zero-order chi connectivity index (χ0) is 18.1. The average Bonchev–Trinajstić information content (AvgIpc) is 2.66. The fourth-order valence-corrected chi connectivity index (χ4v) is 2.31. The van der Waals surface area contributed by atoms with Gasteiger partial charge in [0.25, 0.3) is 0 Å². The third kappa shape index (κ3) is 6.25. The van der Waals surface area contributed by atoms with Crippen molar-refractivity contribution < 1.29 is 14.2 Å². The number of nitrogens with two attached hydrogens (primary N) is 1. The Balaban J connectivity index is 0.00000338. The highest BCUT2D eigenvalue weighted by Gasteiger charge is 2.11. The van der Waals surface area contributed by atoms with E-state index in [1.165, 1.54) is 0 Å². The molecular weight excluding hydrogens is 447 g/mol. The monoisotopic (exact) mass is 472 g/mol. The van der Waals surface area contributed by atoms with E-state index in [2.05, 4.69) is 15.3 Å². The summed E-state index contributed by atoms with van der Waals surface area (Å²) >= 11 is 0. The smallest absolute Gasteiger partial charge is 0.188 e. The van der Waals surface area contributed by atoms with Crippen LogP contribution in [0.3, 0.4) is 0 Å². The second-order valence-corrected chi connectivity index (χ2v) is 5.22. The van der Waals surface area contributed by atoms with E-state index in [0.29, 0.717) is 36.3 Å². The summed E-state index contributed by atoms with van der Waals surface area (Å²) in [5, 5.41) is 3.08. The van der Waals surface area contributed by atoms with Crippen LogP contribution in [0.5, 0.6) is 17.2 Å². The first-order valence-corrected chi connectivity index (χ1v) is 7.90. The molecule has 0 atom stereocenters. The summed E-state index contributed by atoms with van der Waals surface area (Å²) in [5.74, 6) is 2.26. The Morgan fingerprint density at radius 3 is 2.38 bits per heavy atom. The van der Waals surface area contributed by atoms with Crippen molar-refractivity contribution in [1.29, 1.82) is 0 Å². The molecule has 26 heavy (non-hydrogen) atoms. The van der Waals surface area contributed by atoms with Gasteiger partial charge in [0.05, 0.1) is 27.9 Å². The van der Waals surface area contributed by atoms with Gasteiger partial charge in [-0.3, -0.25) is 4.98 Å². The molecule has 0 bridgehead atoms. The number of hydrogen-bond acceptors (Lipinski definition) is 5. The summed E-state index contributed by atoms with van der Waals surface area (Å²) in [6, 6.07) is 9.44. The minimum Gasteiger partial charge on any atom is -0.496 e. The maximum Gasteiger partial charge on any atom is 0.188 e. The molecule has 1 aromatic carbocycles. The van der Waals surface area contributed by atoms with Crippen molar-refractivity contribution in [1.82, 2.24) is 10.3 Å². The maximum absolute atomic E-state index is 5.93. The van der Waals surface area contributed by atoms with Gasteiger partial charge in [0.1, 0.15) is 5.75 Å². The number of aromatic nitrogens is 1. The number of hydrogen-bond donors (Lipinski definition) is 2. The van der Waals surface area contributed by atoms with Crippen molar-refractivity contribution in [2.45, 2.75) is 13.0 Å². The van der Waals surface area contributed by atoms with Crippen LogP contribution in [-0.2, 0) is 13.0 Å². The zero-order valence-corrected chi connectivity index (χ0v) is 17.5. The van der Waals surface area contributed by atoms with E-state index in [0.717, 1.165) is 17.7 Å². The summed E-state index contributed by atoms with van der Waals surface area (Å²) in [5.41, 5.74) is 7.79. The minimum absolute atomic E-state index is 0. The Morgan fingerprint density at radius 1 is 1.08 bits per heavy atom. The van der Waals surface area contributed by atoms with Gasteiger partial charge in [-0.25, -0.2) is 4.99 Å². The molecule has 7 nitrogen and oxygen atoms in total. The molecule has 1 heterocycles. The number of nitrogens with one attached hydrogen (secondary N) is 1. The molecule has 1 aromatic heterocycles. The molecule has 0 amide bonds. The van der Waals surface area contributed by atoms with Crippen molar-refractivity contribution in [2.75, 3.05) is 27.9 Å². The molecule has 0 aliphatic heterocycles. The van der Waals surface area contributed by atoms with E-state index in [9.17, 15) is 0 Å². The molecule has 142 valence electrons. The Morgan fingerprint density at radius 2 is 1.77 bits per heavy atom. The lowest BCUT2D eigenvalue weighted by molar-refractivity contribution is 0.347. The normalized spacial score (nSPS) is 10.7. The summed E-state index contributed by atoms with van der Waals surface area (Å²) in [6.45, 7) is 1.03. The number of nitrogens with zero attached hydrogens (tertiary/aromatic N) is 2. The van der Waals surface area contributed by atoms with Crippen LogP contribution in [0.1, 0.15) is 11.3 Å². The van der Waals surface area contributed by atoms with E-state index >= 15 is 0 Å². The first-order chi connectivity index (χ1) is 12.2. The lowest BCUT2D eigenvalue weighted by Crippen LogP contribution is -2.33. The van der Waals surface area contributed by atoms with Crippen LogP contribution < -0.4 is 25.3 Å². The number of ether oxygens (including phenoxy) is 3. The lowest BCUT2D eigenvalue weighted by Gasteiger charge is -2.13. The minimum atomic E-state index is 0. The molecule has 0 unspecified atom stereocenters. The van der Waals surface area contributed by atoms with Crippen LogP contribution in [0.4, 0.5) is 0 Å². The van der Waals surface area contributed by atoms with Gasteiger partial charge >= 0.3 is 0 Å². The van der Waals surface area contributed by atoms with E-state index < -0.39 is 0 Å². The quantitative estimate of drug-likeness (QED) is 0.349. The van der Waals surface area contributed by atoms with E-state index in [1.807, 2.05) is 24.3 Å². The van der Waals surface area contributed by atoms with Crippen LogP contribution in [0, 0.1) is 0 Å². The molecule has 2 aromatic rings. The summed E-state index contributed by atoms with van der Waals surface area (Å²) in [4.78, 5) is 8.62. The first-order valence-electron chi connectivity index (χ1n) is 7.90. The highest BCUT2D eigenvalue weighted by Crippen LogP contribution is 2.34. The highest BCUT2D eigenvalue weighted by molar-refractivity contribution is 14.0. The molecule has 3 N–H and O–H groups in total. The molecule has 0 saturated carbocycles. The number of halogens is 1. The molecule has 0 spiro atoms. The third-order valence-corrected chi connectivity index (χ3v) is 3.62. The van der Waals surface area contributed by atoms with Gasteiger partial charge in [-0.05, 0) is 18.2 Å². The second kappa shape index (κ2) is 11.4. The van der Waals surface area contributed by atoms with E-state index in [1.54, 1.807) is 33.6 Å². The molecule has 8 heteroatoms. The fourth-order valence-electron chi connectivity index (χ4n) is 2.31. The van der Waals surface area contributed by atoms with Gasteiger partial charge < -0.3 is 25.3 Å². The molecule has 2 rings (SSSR count). The summed E-state index contributed by atoms with van der Waals surface area (Å²) in [7, 11) is 4.77. The number of aliphatic imine (C=N–C) groups is 1. The predicted molar refractivity (Wildman–Crippen MR) is 113 cm³/mol. The Bertz CT molecular complexity index is 711. The molecule has 0 aliphatic rings. The Hall–Kier alpha value is -2.23. The zero-order valence-electron chi connectivity index (χ0n) is 15.2. The first kappa shape index (κ1) is 21.8. The van der Waals surface area contributed by atoms with Crippen LogP contribution >= 0.6 is 24.0 Å². The van der Waals surface area contributed by atoms with Gasteiger partial charge in [-0.1, -0.05) is 6.07 Å². The highest BCUT2D eigenvalue weighted by atomic mass is 127. The Kier molecular flexibility index (Phi) is 9.56. The topological polar surface area (TPSA) is 91.0 Å². The number of guanidine groups is 1. The summed E-state index contributed by atoms with van der Waals surface area (Å²) in [6.07, 6.45) is 2.55. The SMILES string of the molecule is COc1cc(OC)c(OC)cc1CN=C(N)NCCc1ccccn1.I. The van der Waals surface area contributed by atoms with Crippen molar-refractivity contribution >= 4 is 29.9 Å². The van der Waals surface area contributed by atoms with Crippen LogP contribution in [0.2, 0.25) is 0 Å². The average molecular weight is 472 g/mol. The van der Waals surface area contributed by atoms with Gasteiger partial charge in [0.15, 0.2) is 17.5 Å².